The Labute approximate surface area is 111 Å². The summed E-state index contributed by atoms with van der Waals surface area (Å²) in [4.78, 5) is 5.27. The number of likely N-dealkylation sites (N-methyl/N-ethyl adjacent to an activating group) is 1. The van der Waals surface area contributed by atoms with Crippen molar-refractivity contribution in [3.63, 3.8) is 0 Å². The molecule has 1 N–H and O–H groups in total. The standard InChI is InChI=1S/C15H28N2O/c1-16-13-4-5-14(16)10-17(9-6-13)11-15(12-18)7-2-3-8-15/h13-14,18H,2-12H2,1H3. The summed E-state index contributed by atoms with van der Waals surface area (Å²) in [6, 6.07) is 1.60. The lowest BCUT2D eigenvalue weighted by Gasteiger charge is -2.35. The van der Waals surface area contributed by atoms with Gasteiger partial charge in [0.05, 0.1) is 0 Å². The van der Waals surface area contributed by atoms with Crippen molar-refractivity contribution in [2.75, 3.05) is 33.3 Å². The first-order valence-corrected chi connectivity index (χ1v) is 7.78. The van der Waals surface area contributed by atoms with Gasteiger partial charge in [0, 0.05) is 37.2 Å². The van der Waals surface area contributed by atoms with E-state index in [9.17, 15) is 5.11 Å². The summed E-state index contributed by atoms with van der Waals surface area (Å²) >= 11 is 0. The Balaban J connectivity index is 1.63. The van der Waals surface area contributed by atoms with Gasteiger partial charge in [-0.2, -0.15) is 0 Å². The van der Waals surface area contributed by atoms with E-state index in [-0.39, 0.29) is 5.41 Å². The zero-order valence-corrected chi connectivity index (χ0v) is 11.8. The number of fused-ring (bicyclic) bond motifs is 2. The lowest BCUT2D eigenvalue weighted by molar-refractivity contribution is 0.0740. The fraction of sp³-hybridized carbons (Fsp3) is 1.00. The van der Waals surface area contributed by atoms with E-state index in [0.717, 1.165) is 18.6 Å². The summed E-state index contributed by atoms with van der Waals surface area (Å²) in [5.41, 5.74) is 0.238. The molecule has 3 aliphatic rings. The molecule has 1 aliphatic carbocycles. The highest BCUT2D eigenvalue weighted by Gasteiger charge is 2.39. The number of nitrogens with zero attached hydrogens (tertiary/aromatic N) is 2. The van der Waals surface area contributed by atoms with Crippen molar-refractivity contribution in [2.45, 2.75) is 57.0 Å². The highest BCUT2D eigenvalue weighted by atomic mass is 16.3. The molecule has 0 spiro atoms. The highest BCUT2D eigenvalue weighted by Crippen LogP contribution is 2.39. The molecule has 0 radical (unpaired) electrons. The fourth-order valence-corrected chi connectivity index (χ4v) is 4.49. The molecule has 3 nitrogen and oxygen atoms in total. The molecule has 0 aromatic heterocycles. The van der Waals surface area contributed by atoms with E-state index in [0.29, 0.717) is 6.61 Å². The summed E-state index contributed by atoms with van der Waals surface area (Å²) in [5, 5.41) is 9.76. The molecule has 2 unspecified atom stereocenters. The first-order valence-electron chi connectivity index (χ1n) is 7.78. The van der Waals surface area contributed by atoms with Gasteiger partial charge in [0.15, 0.2) is 0 Å². The number of rotatable bonds is 3. The molecule has 2 heterocycles. The molecule has 0 amide bonds. The van der Waals surface area contributed by atoms with Gasteiger partial charge in [-0.3, -0.25) is 4.90 Å². The number of hydrogen-bond acceptors (Lipinski definition) is 3. The smallest absolute Gasteiger partial charge is 0.0499 e. The van der Waals surface area contributed by atoms with Gasteiger partial charge in [-0.25, -0.2) is 0 Å². The summed E-state index contributed by atoms with van der Waals surface area (Å²) < 4.78 is 0. The van der Waals surface area contributed by atoms with Crippen LogP contribution in [0.5, 0.6) is 0 Å². The molecule has 3 rings (SSSR count). The van der Waals surface area contributed by atoms with Crippen LogP contribution in [0.15, 0.2) is 0 Å². The average Bonchev–Trinajstić information content (AvgIpc) is 2.90. The SMILES string of the molecule is CN1C2CCC1CN(CC1(CO)CCCC1)CC2. The Kier molecular flexibility index (Phi) is 3.65. The third-order valence-corrected chi connectivity index (χ3v) is 5.79. The molecule has 0 aromatic carbocycles. The van der Waals surface area contributed by atoms with Gasteiger partial charge in [-0.15, -0.1) is 0 Å². The van der Waals surface area contributed by atoms with Crippen LogP contribution < -0.4 is 0 Å². The number of likely N-dealkylation sites (tertiary alicyclic amines) is 1. The Morgan fingerprint density at radius 3 is 2.56 bits per heavy atom. The Morgan fingerprint density at radius 2 is 1.83 bits per heavy atom. The maximum absolute atomic E-state index is 9.76. The van der Waals surface area contributed by atoms with Crippen LogP contribution in [0.4, 0.5) is 0 Å². The van der Waals surface area contributed by atoms with E-state index in [2.05, 4.69) is 16.8 Å². The molecule has 2 atom stereocenters. The van der Waals surface area contributed by atoms with E-state index < -0.39 is 0 Å². The Hall–Kier alpha value is -0.120. The average molecular weight is 252 g/mol. The van der Waals surface area contributed by atoms with E-state index in [1.54, 1.807) is 0 Å². The second-order valence-electron chi connectivity index (χ2n) is 6.94. The van der Waals surface area contributed by atoms with Crippen LogP contribution in [0.3, 0.4) is 0 Å². The van der Waals surface area contributed by atoms with Gasteiger partial charge in [0.2, 0.25) is 0 Å². The van der Waals surface area contributed by atoms with Crippen molar-refractivity contribution in [2.24, 2.45) is 5.41 Å². The maximum atomic E-state index is 9.76. The van der Waals surface area contributed by atoms with Gasteiger partial charge in [0.25, 0.3) is 0 Å². The highest BCUT2D eigenvalue weighted by molar-refractivity contribution is 4.94. The molecule has 3 fully saturated rings. The first-order chi connectivity index (χ1) is 8.72. The van der Waals surface area contributed by atoms with Crippen LogP contribution in [0.1, 0.15) is 44.9 Å². The van der Waals surface area contributed by atoms with E-state index in [1.165, 1.54) is 58.0 Å². The van der Waals surface area contributed by atoms with Crippen LogP contribution in [-0.2, 0) is 0 Å². The summed E-state index contributed by atoms with van der Waals surface area (Å²) in [6.07, 6.45) is 9.23. The van der Waals surface area contributed by atoms with Gasteiger partial charge < -0.3 is 10.0 Å². The van der Waals surface area contributed by atoms with Crippen molar-refractivity contribution < 1.29 is 5.11 Å². The quantitative estimate of drug-likeness (QED) is 0.828. The Morgan fingerprint density at radius 1 is 1.11 bits per heavy atom. The maximum Gasteiger partial charge on any atom is 0.0499 e. The zero-order chi connectivity index (χ0) is 12.6. The predicted octanol–water partition coefficient (Wildman–Crippen LogP) is 1.71. The van der Waals surface area contributed by atoms with Crippen molar-refractivity contribution in [1.29, 1.82) is 0 Å². The van der Waals surface area contributed by atoms with Crippen LogP contribution in [-0.4, -0.2) is 60.3 Å². The van der Waals surface area contributed by atoms with E-state index in [4.69, 9.17) is 0 Å². The van der Waals surface area contributed by atoms with Crippen LogP contribution in [0.2, 0.25) is 0 Å². The number of aliphatic hydroxyl groups is 1. The lowest BCUT2D eigenvalue weighted by Crippen LogP contribution is -2.43. The van der Waals surface area contributed by atoms with Crippen molar-refractivity contribution in [3.05, 3.63) is 0 Å². The molecular formula is C15H28N2O. The first kappa shape index (κ1) is 12.9. The third kappa shape index (κ3) is 2.33. The van der Waals surface area contributed by atoms with Crippen molar-refractivity contribution in [3.8, 4) is 0 Å². The molecule has 3 heteroatoms. The van der Waals surface area contributed by atoms with Gasteiger partial charge in [-0.1, -0.05) is 12.8 Å². The van der Waals surface area contributed by atoms with Gasteiger partial charge in [-0.05, 0) is 45.7 Å². The van der Waals surface area contributed by atoms with Crippen LogP contribution in [0, 0.1) is 5.41 Å². The predicted molar refractivity (Wildman–Crippen MR) is 73.6 cm³/mol. The summed E-state index contributed by atoms with van der Waals surface area (Å²) in [6.45, 7) is 4.01. The molecule has 104 valence electrons. The summed E-state index contributed by atoms with van der Waals surface area (Å²) in [7, 11) is 2.31. The number of hydrogen-bond donors (Lipinski definition) is 1. The third-order valence-electron chi connectivity index (χ3n) is 5.79. The van der Waals surface area contributed by atoms with Crippen molar-refractivity contribution in [1.82, 2.24) is 9.80 Å². The minimum absolute atomic E-state index is 0.238. The zero-order valence-electron chi connectivity index (χ0n) is 11.8. The largest absolute Gasteiger partial charge is 0.396 e. The second kappa shape index (κ2) is 5.10. The molecule has 2 aliphatic heterocycles. The van der Waals surface area contributed by atoms with Crippen LogP contribution in [0.25, 0.3) is 0 Å². The minimum Gasteiger partial charge on any atom is -0.396 e. The molecule has 1 saturated carbocycles. The lowest BCUT2D eigenvalue weighted by atomic mass is 9.86. The van der Waals surface area contributed by atoms with Crippen LogP contribution >= 0.6 is 0 Å². The molecular weight excluding hydrogens is 224 g/mol. The van der Waals surface area contributed by atoms with Gasteiger partial charge >= 0.3 is 0 Å². The molecule has 2 bridgehead atoms. The number of aliphatic hydroxyl groups excluding tert-OH is 1. The molecule has 2 saturated heterocycles. The van der Waals surface area contributed by atoms with Gasteiger partial charge in [0.1, 0.15) is 0 Å². The van der Waals surface area contributed by atoms with E-state index in [1.807, 2.05) is 0 Å². The monoisotopic (exact) mass is 252 g/mol. The normalized spacial score (nSPS) is 37.0. The molecule has 18 heavy (non-hydrogen) atoms. The minimum atomic E-state index is 0.238. The van der Waals surface area contributed by atoms with E-state index >= 15 is 0 Å². The Bertz CT molecular complexity index is 288. The fourth-order valence-electron chi connectivity index (χ4n) is 4.49. The molecule has 0 aromatic rings. The second-order valence-corrected chi connectivity index (χ2v) is 6.94. The van der Waals surface area contributed by atoms with Crippen molar-refractivity contribution >= 4 is 0 Å². The summed E-state index contributed by atoms with van der Waals surface area (Å²) in [5.74, 6) is 0. The topological polar surface area (TPSA) is 26.7 Å².